The number of hydrogen-bond donors (Lipinski definition) is 0. The van der Waals surface area contributed by atoms with E-state index in [1.54, 1.807) is 44.3 Å². The van der Waals surface area contributed by atoms with Crippen molar-refractivity contribution < 1.29 is 14.5 Å². The lowest BCUT2D eigenvalue weighted by Gasteiger charge is -2.18. The Morgan fingerprint density at radius 2 is 2.00 bits per heavy atom. The minimum Gasteiger partial charge on any atom is -0.481 e. The summed E-state index contributed by atoms with van der Waals surface area (Å²) in [5.74, 6) is 0.0321. The molecule has 0 aliphatic rings. The van der Waals surface area contributed by atoms with Crippen molar-refractivity contribution in [1.29, 1.82) is 0 Å². The van der Waals surface area contributed by atoms with Crippen LogP contribution in [0.3, 0.4) is 0 Å². The minimum absolute atomic E-state index is 0.0999. The van der Waals surface area contributed by atoms with Crippen molar-refractivity contribution in [3.63, 3.8) is 0 Å². The summed E-state index contributed by atoms with van der Waals surface area (Å²) >= 11 is 0. The van der Waals surface area contributed by atoms with E-state index in [0.717, 1.165) is 0 Å². The fraction of sp³-hybridized carbons (Fsp3) is 0.250. The standard InChI is InChI=1S/C16H17N3O4/c1-11-6-4-8-13(19(21)22)15(11)16(20)18(2)10-12-7-5-9-14(17-12)23-3/h4-9H,10H2,1-3H3. The summed E-state index contributed by atoms with van der Waals surface area (Å²) < 4.78 is 5.05. The van der Waals surface area contributed by atoms with Crippen LogP contribution < -0.4 is 4.74 Å². The Bertz CT molecular complexity index is 746. The van der Waals surface area contributed by atoms with Crippen molar-refractivity contribution in [2.24, 2.45) is 0 Å². The van der Waals surface area contributed by atoms with Gasteiger partial charge in [-0.2, -0.15) is 0 Å². The first kappa shape index (κ1) is 16.4. The van der Waals surface area contributed by atoms with Gasteiger partial charge in [0.25, 0.3) is 11.6 Å². The number of aryl methyl sites for hydroxylation is 1. The van der Waals surface area contributed by atoms with Crippen LogP contribution >= 0.6 is 0 Å². The van der Waals surface area contributed by atoms with Gasteiger partial charge in [0.1, 0.15) is 5.56 Å². The number of benzene rings is 1. The Labute approximate surface area is 133 Å². The van der Waals surface area contributed by atoms with Gasteiger partial charge in [-0.3, -0.25) is 14.9 Å². The van der Waals surface area contributed by atoms with E-state index in [0.29, 0.717) is 17.1 Å². The quantitative estimate of drug-likeness (QED) is 0.625. The highest BCUT2D eigenvalue weighted by Crippen LogP contribution is 2.23. The minimum atomic E-state index is -0.544. The lowest BCUT2D eigenvalue weighted by Crippen LogP contribution is -2.28. The van der Waals surface area contributed by atoms with Gasteiger partial charge in [-0.05, 0) is 18.6 Å². The predicted octanol–water partition coefficient (Wildman–Crippen LogP) is 2.58. The lowest BCUT2D eigenvalue weighted by molar-refractivity contribution is -0.385. The number of nitro groups is 1. The van der Waals surface area contributed by atoms with Gasteiger partial charge in [-0.15, -0.1) is 0 Å². The predicted molar refractivity (Wildman–Crippen MR) is 84.4 cm³/mol. The molecule has 120 valence electrons. The zero-order chi connectivity index (χ0) is 17.0. The van der Waals surface area contributed by atoms with E-state index in [9.17, 15) is 14.9 Å². The van der Waals surface area contributed by atoms with E-state index in [-0.39, 0.29) is 17.8 Å². The number of carbonyl (C=O) groups excluding carboxylic acids is 1. The Hall–Kier alpha value is -2.96. The third kappa shape index (κ3) is 3.63. The van der Waals surface area contributed by atoms with E-state index >= 15 is 0 Å². The number of carbonyl (C=O) groups is 1. The molecule has 0 fully saturated rings. The zero-order valence-electron chi connectivity index (χ0n) is 13.1. The topological polar surface area (TPSA) is 85.6 Å². The summed E-state index contributed by atoms with van der Waals surface area (Å²) in [5, 5.41) is 11.1. The number of rotatable bonds is 5. The van der Waals surface area contributed by atoms with Crippen LogP contribution in [-0.4, -0.2) is 34.9 Å². The Morgan fingerprint density at radius 3 is 2.65 bits per heavy atom. The molecule has 0 aliphatic heterocycles. The van der Waals surface area contributed by atoms with E-state index < -0.39 is 10.8 Å². The highest BCUT2D eigenvalue weighted by atomic mass is 16.6. The molecule has 0 aliphatic carbocycles. The average Bonchev–Trinajstić information content (AvgIpc) is 2.54. The van der Waals surface area contributed by atoms with Crippen molar-refractivity contribution >= 4 is 11.6 Å². The third-order valence-corrected chi connectivity index (χ3v) is 3.40. The molecule has 0 spiro atoms. The lowest BCUT2D eigenvalue weighted by atomic mass is 10.1. The summed E-state index contributed by atoms with van der Waals surface area (Å²) in [6.45, 7) is 1.90. The number of methoxy groups -OCH3 is 1. The molecule has 0 atom stereocenters. The molecule has 1 amide bonds. The second kappa shape index (κ2) is 6.87. The second-order valence-electron chi connectivity index (χ2n) is 5.06. The zero-order valence-corrected chi connectivity index (χ0v) is 13.1. The molecular formula is C16H17N3O4. The van der Waals surface area contributed by atoms with Crippen molar-refractivity contribution in [1.82, 2.24) is 9.88 Å². The van der Waals surface area contributed by atoms with Gasteiger partial charge in [0.2, 0.25) is 5.88 Å². The molecule has 0 unspecified atom stereocenters. The van der Waals surface area contributed by atoms with Gasteiger partial charge >= 0.3 is 0 Å². The highest BCUT2D eigenvalue weighted by molar-refractivity contribution is 5.99. The maximum absolute atomic E-state index is 12.6. The summed E-state index contributed by atoms with van der Waals surface area (Å²) in [4.78, 5) is 28.9. The molecule has 0 saturated carbocycles. The van der Waals surface area contributed by atoms with Crippen LogP contribution in [0.2, 0.25) is 0 Å². The van der Waals surface area contributed by atoms with Crippen LogP contribution in [0.1, 0.15) is 21.6 Å². The number of aromatic nitrogens is 1. The summed E-state index contributed by atoms with van der Waals surface area (Å²) in [5.41, 5.74) is 1.11. The average molecular weight is 315 g/mol. The van der Waals surface area contributed by atoms with Gasteiger partial charge in [0.05, 0.1) is 24.3 Å². The number of ether oxygens (including phenoxy) is 1. The molecule has 7 heteroatoms. The Balaban J connectivity index is 2.28. The molecule has 0 bridgehead atoms. The summed E-state index contributed by atoms with van der Waals surface area (Å²) in [7, 11) is 3.09. The number of amides is 1. The monoisotopic (exact) mass is 315 g/mol. The Morgan fingerprint density at radius 1 is 1.30 bits per heavy atom. The molecular weight excluding hydrogens is 298 g/mol. The van der Waals surface area contributed by atoms with E-state index in [1.165, 1.54) is 18.1 Å². The van der Waals surface area contributed by atoms with Gasteiger partial charge in [-0.25, -0.2) is 4.98 Å². The fourth-order valence-corrected chi connectivity index (χ4v) is 2.25. The molecule has 1 heterocycles. The van der Waals surface area contributed by atoms with Gasteiger partial charge in [0, 0.05) is 19.2 Å². The summed E-state index contributed by atoms with van der Waals surface area (Å²) in [6, 6.07) is 9.81. The second-order valence-corrected chi connectivity index (χ2v) is 5.06. The van der Waals surface area contributed by atoms with E-state index in [2.05, 4.69) is 4.98 Å². The number of nitrogens with zero attached hydrogens (tertiary/aromatic N) is 3. The molecule has 2 aromatic rings. The first-order valence-corrected chi connectivity index (χ1v) is 6.93. The summed E-state index contributed by atoms with van der Waals surface area (Å²) in [6.07, 6.45) is 0. The maximum Gasteiger partial charge on any atom is 0.282 e. The van der Waals surface area contributed by atoms with Gasteiger partial charge in [-0.1, -0.05) is 18.2 Å². The van der Waals surface area contributed by atoms with Crippen molar-refractivity contribution in [3.8, 4) is 5.88 Å². The van der Waals surface area contributed by atoms with E-state index in [1.807, 2.05) is 0 Å². The fourth-order valence-electron chi connectivity index (χ4n) is 2.25. The molecule has 0 N–H and O–H groups in total. The molecule has 23 heavy (non-hydrogen) atoms. The molecule has 7 nitrogen and oxygen atoms in total. The number of pyridine rings is 1. The van der Waals surface area contributed by atoms with Crippen LogP contribution in [-0.2, 0) is 6.54 Å². The molecule has 1 aromatic heterocycles. The van der Waals surface area contributed by atoms with Crippen LogP contribution in [0.4, 0.5) is 5.69 Å². The molecule has 1 aromatic carbocycles. The first-order valence-electron chi connectivity index (χ1n) is 6.93. The van der Waals surface area contributed by atoms with Gasteiger partial charge in [0.15, 0.2) is 0 Å². The Kier molecular flexibility index (Phi) is 4.90. The van der Waals surface area contributed by atoms with Crippen molar-refractivity contribution in [3.05, 3.63) is 63.3 Å². The highest BCUT2D eigenvalue weighted by Gasteiger charge is 2.25. The SMILES string of the molecule is COc1cccc(CN(C)C(=O)c2c(C)cccc2[N+](=O)[O-])n1. The molecule has 0 radical (unpaired) electrons. The van der Waals surface area contributed by atoms with Crippen LogP contribution in [0.15, 0.2) is 36.4 Å². The maximum atomic E-state index is 12.6. The van der Waals surface area contributed by atoms with E-state index in [4.69, 9.17) is 4.74 Å². The van der Waals surface area contributed by atoms with Crippen molar-refractivity contribution in [2.45, 2.75) is 13.5 Å². The normalized spacial score (nSPS) is 10.2. The van der Waals surface area contributed by atoms with Crippen molar-refractivity contribution in [2.75, 3.05) is 14.2 Å². The number of nitro benzene ring substituents is 1. The van der Waals surface area contributed by atoms with Crippen LogP contribution in [0, 0.1) is 17.0 Å². The first-order chi connectivity index (χ1) is 10.9. The molecule has 0 saturated heterocycles. The van der Waals surface area contributed by atoms with Crippen LogP contribution in [0.5, 0.6) is 5.88 Å². The molecule has 2 rings (SSSR count). The number of hydrogen-bond acceptors (Lipinski definition) is 5. The third-order valence-electron chi connectivity index (χ3n) is 3.40. The van der Waals surface area contributed by atoms with Crippen LogP contribution in [0.25, 0.3) is 0 Å². The van der Waals surface area contributed by atoms with Gasteiger partial charge < -0.3 is 9.64 Å². The largest absolute Gasteiger partial charge is 0.481 e. The smallest absolute Gasteiger partial charge is 0.282 e.